The highest BCUT2D eigenvalue weighted by Gasteiger charge is 2.38. The molecular formula is C20H17F3N6O4. The molecule has 0 saturated carbocycles. The highest BCUT2D eigenvalue weighted by atomic mass is 19.4. The Morgan fingerprint density at radius 3 is 2.52 bits per heavy atom. The van der Waals surface area contributed by atoms with Crippen LogP contribution in [0.15, 0.2) is 41.1 Å². The monoisotopic (exact) mass is 462 g/mol. The number of alkyl halides is 3. The highest BCUT2D eigenvalue weighted by molar-refractivity contribution is 5.90. The molecule has 0 radical (unpaired) electrons. The van der Waals surface area contributed by atoms with E-state index in [-0.39, 0.29) is 18.6 Å². The molecule has 1 aromatic carbocycles. The van der Waals surface area contributed by atoms with Crippen LogP contribution in [0.3, 0.4) is 0 Å². The van der Waals surface area contributed by atoms with Crippen LogP contribution in [-0.4, -0.2) is 59.0 Å². The van der Waals surface area contributed by atoms with Crippen molar-refractivity contribution >= 4 is 17.5 Å². The number of piperazine rings is 1. The van der Waals surface area contributed by atoms with Crippen LogP contribution in [0.1, 0.15) is 5.89 Å². The number of benzene rings is 1. The molecule has 0 spiro atoms. The van der Waals surface area contributed by atoms with E-state index in [0.717, 1.165) is 0 Å². The summed E-state index contributed by atoms with van der Waals surface area (Å²) in [5.41, 5.74) is 0.916. The van der Waals surface area contributed by atoms with Gasteiger partial charge in [-0.15, -0.1) is 0 Å². The van der Waals surface area contributed by atoms with E-state index in [9.17, 15) is 18.0 Å². The second-order valence-electron chi connectivity index (χ2n) is 7.30. The fourth-order valence-electron chi connectivity index (χ4n) is 3.48. The smallest absolute Gasteiger partial charge is 0.454 e. The standard InChI is InChI=1S/C20H17F3N6O4/c21-20(22,23)18-26-17(27-33-18)12-1-4-16(24-10-12)28-5-7-29(8-6-28)19(30)25-13-2-3-14-15(9-13)32-11-31-14/h1-4,9-10H,5-8,11H2,(H,25,30). The molecule has 13 heteroatoms. The Bertz CT molecular complexity index is 1160. The number of nitrogens with one attached hydrogen (secondary N) is 1. The second-order valence-corrected chi connectivity index (χ2v) is 7.30. The van der Waals surface area contributed by atoms with Crippen molar-refractivity contribution in [2.75, 3.05) is 43.2 Å². The fourth-order valence-corrected chi connectivity index (χ4v) is 3.48. The number of nitrogens with zero attached hydrogens (tertiary/aromatic N) is 5. The van der Waals surface area contributed by atoms with Crippen molar-refractivity contribution < 1.29 is 32.0 Å². The van der Waals surface area contributed by atoms with E-state index in [1.54, 1.807) is 35.2 Å². The molecule has 2 aliphatic heterocycles. The van der Waals surface area contributed by atoms with Crippen LogP contribution in [-0.2, 0) is 6.18 Å². The van der Waals surface area contributed by atoms with E-state index in [4.69, 9.17) is 9.47 Å². The minimum Gasteiger partial charge on any atom is -0.454 e. The van der Waals surface area contributed by atoms with E-state index in [0.29, 0.717) is 54.7 Å². The predicted octanol–water partition coefficient (Wildman–Crippen LogP) is 3.23. The van der Waals surface area contributed by atoms with Crippen LogP contribution in [0.25, 0.3) is 11.4 Å². The average molecular weight is 462 g/mol. The summed E-state index contributed by atoms with van der Waals surface area (Å²) in [7, 11) is 0. The summed E-state index contributed by atoms with van der Waals surface area (Å²) >= 11 is 0. The molecule has 172 valence electrons. The lowest BCUT2D eigenvalue weighted by molar-refractivity contribution is -0.159. The average Bonchev–Trinajstić information content (AvgIpc) is 3.49. The molecule has 1 N–H and O–H groups in total. The van der Waals surface area contributed by atoms with Gasteiger partial charge >= 0.3 is 18.1 Å². The van der Waals surface area contributed by atoms with E-state index in [1.165, 1.54) is 6.20 Å². The lowest BCUT2D eigenvalue weighted by atomic mass is 10.2. The first kappa shape index (κ1) is 20.8. The van der Waals surface area contributed by atoms with Gasteiger partial charge in [0.2, 0.25) is 12.6 Å². The van der Waals surface area contributed by atoms with Gasteiger partial charge < -0.3 is 29.1 Å². The molecule has 0 bridgehead atoms. The SMILES string of the molecule is O=C(Nc1ccc2c(c1)OCO2)N1CCN(c2ccc(-c3noc(C(F)(F)F)n3)cn2)CC1. The number of carbonyl (C=O) groups excluding carboxylic acids is 1. The third kappa shape index (κ3) is 4.33. The summed E-state index contributed by atoms with van der Waals surface area (Å²) in [4.78, 5) is 23.9. The van der Waals surface area contributed by atoms with Gasteiger partial charge in [0.15, 0.2) is 11.5 Å². The summed E-state index contributed by atoms with van der Waals surface area (Å²) in [5, 5.41) is 6.20. The van der Waals surface area contributed by atoms with Crippen LogP contribution in [0.4, 0.5) is 29.5 Å². The Kier molecular flexibility index (Phi) is 5.15. The molecule has 1 saturated heterocycles. The first-order valence-corrected chi connectivity index (χ1v) is 9.95. The fraction of sp³-hybridized carbons (Fsp3) is 0.300. The van der Waals surface area contributed by atoms with Crippen molar-refractivity contribution in [3.8, 4) is 22.9 Å². The Morgan fingerprint density at radius 1 is 1.03 bits per heavy atom. The van der Waals surface area contributed by atoms with Crippen molar-refractivity contribution in [2.45, 2.75) is 6.18 Å². The van der Waals surface area contributed by atoms with Gasteiger partial charge in [-0.3, -0.25) is 0 Å². The van der Waals surface area contributed by atoms with Gasteiger partial charge in [0.05, 0.1) is 0 Å². The molecule has 10 nitrogen and oxygen atoms in total. The number of amides is 2. The van der Waals surface area contributed by atoms with Crippen LogP contribution >= 0.6 is 0 Å². The van der Waals surface area contributed by atoms with E-state index in [1.807, 2.05) is 4.90 Å². The molecule has 33 heavy (non-hydrogen) atoms. The maximum atomic E-state index is 12.6. The van der Waals surface area contributed by atoms with Gasteiger partial charge in [0.25, 0.3) is 0 Å². The van der Waals surface area contributed by atoms with E-state index >= 15 is 0 Å². The third-order valence-corrected chi connectivity index (χ3v) is 5.19. The lowest BCUT2D eigenvalue weighted by Gasteiger charge is -2.35. The van der Waals surface area contributed by atoms with Gasteiger partial charge in [-0.05, 0) is 24.3 Å². The zero-order chi connectivity index (χ0) is 23.0. The van der Waals surface area contributed by atoms with Crippen LogP contribution in [0.5, 0.6) is 11.5 Å². The number of aromatic nitrogens is 3. The Labute approximate surface area is 184 Å². The first-order valence-electron chi connectivity index (χ1n) is 9.95. The molecule has 2 amide bonds. The number of fused-ring (bicyclic) bond motifs is 1. The summed E-state index contributed by atoms with van der Waals surface area (Å²) in [6, 6.07) is 8.21. The van der Waals surface area contributed by atoms with Crippen LogP contribution < -0.4 is 19.7 Å². The minimum atomic E-state index is -4.70. The molecule has 5 rings (SSSR count). The summed E-state index contributed by atoms with van der Waals surface area (Å²) in [5.74, 6) is 0.264. The first-order chi connectivity index (χ1) is 15.9. The molecule has 4 heterocycles. The van der Waals surface area contributed by atoms with Gasteiger partial charge in [-0.1, -0.05) is 5.16 Å². The normalized spacial score (nSPS) is 15.6. The van der Waals surface area contributed by atoms with Crippen LogP contribution in [0, 0.1) is 0 Å². The minimum absolute atomic E-state index is 0.160. The second kappa shape index (κ2) is 8.15. The Morgan fingerprint density at radius 2 is 1.82 bits per heavy atom. The number of rotatable bonds is 3. The van der Waals surface area contributed by atoms with Gasteiger partial charge in [0, 0.05) is 49.7 Å². The molecular weight excluding hydrogens is 445 g/mol. The number of halogens is 3. The largest absolute Gasteiger partial charge is 0.471 e. The van der Waals surface area contributed by atoms with Crippen molar-refractivity contribution in [2.24, 2.45) is 0 Å². The number of urea groups is 1. The molecule has 3 aromatic rings. The number of pyridine rings is 1. The quantitative estimate of drug-likeness (QED) is 0.633. The van der Waals surface area contributed by atoms with Crippen molar-refractivity contribution in [1.29, 1.82) is 0 Å². The number of hydrogen-bond donors (Lipinski definition) is 1. The van der Waals surface area contributed by atoms with Crippen molar-refractivity contribution in [1.82, 2.24) is 20.0 Å². The summed E-state index contributed by atoms with van der Waals surface area (Å²) < 4.78 is 52.7. The van der Waals surface area contributed by atoms with Gasteiger partial charge in [0.1, 0.15) is 5.82 Å². The van der Waals surface area contributed by atoms with Crippen LogP contribution in [0.2, 0.25) is 0 Å². The van der Waals surface area contributed by atoms with E-state index in [2.05, 4.69) is 25.0 Å². The lowest BCUT2D eigenvalue weighted by Crippen LogP contribution is -2.50. The predicted molar refractivity (Wildman–Crippen MR) is 108 cm³/mol. The van der Waals surface area contributed by atoms with Crippen molar-refractivity contribution in [3.63, 3.8) is 0 Å². The molecule has 2 aliphatic rings. The van der Waals surface area contributed by atoms with Crippen molar-refractivity contribution in [3.05, 3.63) is 42.4 Å². The number of anilines is 2. The maximum Gasteiger partial charge on any atom is 0.471 e. The topological polar surface area (TPSA) is 106 Å². The summed E-state index contributed by atoms with van der Waals surface area (Å²) in [6.45, 7) is 2.19. The van der Waals surface area contributed by atoms with Gasteiger partial charge in [-0.25, -0.2) is 9.78 Å². The number of carbonyl (C=O) groups is 1. The molecule has 0 unspecified atom stereocenters. The molecule has 1 fully saturated rings. The summed E-state index contributed by atoms with van der Waals surface area (Å²) in [6.07, 6.45) is -3.31. The Balaban J connectivity index is 1.17. The molecule has 0 aliphatic carbocycles. The van der Waals surface area contributed by atoms with E-state index < -0.39 is 12.1 Å². The van der Waals surface area contributed by atoms with Gasteiger partial charge in [-0.2, -0.15) is 18.2 Å². The molecule has 0 atom stereocenters. The zero-order valence-electron chi connectivity index (χ0n) is 17.0. The molecule has 2 aromatic heterocycles. The Hall–Kier alpha value is -4.03. The zero-order valence-corrected chi connectivity index (χ0v) is 17.0. The maximum absolute atomic E-state index is 12.6. The third-order valence-electron chi connectivity index (χ3n) is 5.19. The number of ether oxygens (including phenoxy) is 2. The highest BCUT2D eigenvalue weighted by Crippen LogP contribution is 2.34. The number of hydrogen-bond acceptors (Lipinski definition) is 8.